The highest BCUT2D eigenvalue weighted by Crippen LogP contribution is 2.23. The Morgan fingerprint density at radius 3 is 2.56 bits per heavy atom. The Kier molecular flexibility index (Phi) is 5.42. The molecule has 2 heterocycles. The number of hydrazone groups is 1. The highest BCUT2D eigenvalue weighted by Gasteiger charge is 2.13. The van der Waals surface area contributed by atoms with E-state index in [1.165, 1.54) is 11.3 Å². The molecule has 0 spiro atoms. The van der Waals surface area contributed by atoms with Gasteiger partial charge in [0.15, 0.2) is 0 Å². The molecule has 0 aliphatic carbocycles. The summed E-state index contributed by atoms with van der Waals surface area (Å²) in [6, 6.07) is 13.3. The lowest BCUT2D eigenvalue weighted by atomic mass is 10.2. The van der Waals surface area contributed by atoms with E-state index < -0.39 is 0 Å². The quantitative estimate of drug-likeness (QED) is 0.436. The van der Waals surface area contributed by atoms with Gasteiger partial charge in [0.2, 0.25) is 0 Å². The molecule has 2 aromatic heterocycles. The van der Waals surface area contributed by atoms with Crippen LogP contribution in [0.5, 0.6) is 0 Å². The van der Waals surface area contributed by atoms with E-state index in [0.717, 1.165) is 25.7 Å². The molecule has 0 radical (unpaired) electrons. The Morgan fingerprint density at radius 1 is 1.20 bits per heavy atom. The van der Waals surface area contributed by atoms with Gasteiger partial charge >= 0.3 is 0 Å². The molecule has 1 N–H and O–H groups in total. The first kappa shape index (κ1) is 17.9. The summed E-state index contributed by atoms with van der Waals surface area (Å²) in [7, 11) is 0. The van der Waals surface area contributed by atoms with Crippen LogP contribution in [0.2, 0.25) is 5.02 Å². The lowest BCUT2D eigenvalue weighted by molar-refractivity contribution is 0.0955. The van der Waals surface area contributed by atoms with E-state index in [2.05, 4.69) is 31.0 Å². The molecule has 128 valence electrons. The Hall–Kier alpha value is -1.89. The number of rotatable bonds is 4. The number of amides is 1. The summed E-state index contributed by atoms with van der Waals surface area (Å²) in [4.78, 5) is 13.4. The SMILES string of the molecule is Cc1ccc(C)n1-c1ccc(Cl)c(C(=O)NN=Cc2ccc(Br)s2)c1. The summed E-state index contributed by atoms with van der Waals surface area (Å²) < 4.78 is 3.08. The van der Waals surface area contributed by atoms with E-state index in [1.54, 1.807) is 18.3 Å². The predicted molar refractivity (Wildman–Crippen MR) is 107 cm³/mol. The van der Waals surface area contributed by atoms with Gasteiger partial charge in [-0.25, -0.2) is 5.43 Å². The molecule has 0 aliphatic rings. The van der Waals surface area contributed by atoms with Gasteiger partial charge in [-0.1, -0.05) is 11.6 Å². The summed E-state index contributed by atoms with van der Waals surface area (Å²) in [5.74, 6) is -0.346. The van der Waals surface area contributed by atoms with Crippen molar-refractivity contribution in [3.8, 4) is 5.69 Å². The molecule has 7 heteroatoms. The van der Waals surface area contributed by atoms with Crippen LogP contribution in [-0.2, 0) is 0 Å². The number of aromatic nitrogens is 1. The largest absolute Gasteiger partial charge is 0.318 e. The number of carbonyl (C=O) groups excluding carboxylic acids is 1. The first-order valence-corrected chi connectivity index (χ1v) is 9.48. The Labute approximate surface area is 163 Å². The third-order valence-corrected chi connectivity index (χ3v) is 5.56. The molecule has 4 nitrogen and oxygen atoms in total. The van der Waals surface area contributed by atoms with Crippen molar-refractivity contribution in [2.24, 2.45) is 5.10 Å². The van der Waals surface area contributed by atoms with Gasteiger partial charge in [0.05, 0.1) is 20.6 Å². The van der Waals surface area contributed by atoms with E-state index in [0.29, 0.717) is 10.6 Å². The number of carbonyl (C=O) groups is 1. The van der Waals surface area contributed by atoms with Gasteiger partial charge in [-0.05, 0) is 72.2 Å². The van der Waals surface area contributed by atoms with Crippen molar-refractivity contribution >= 4 is 51.0 Å². The highest BCUT2D eigenvalue weighted by atomic mass is 79.9. The average molecular weight is 437 g/mol. The minimum atomic E-state index is -0.346. The fourth-order valence-corrected chi connectivity index (χ4v) is 4.01. The van der Waals surface area contributed by atoms with Crippen LogP contribution in [0.1, 0.15) is 26.6 Å². The Bertz CT molecular complexity index is 942. The van der Waals surface area contributed by atoms with E-state index in [1.807, 2.05) is 44.2 Å². The normalized spacial score (nSPS) is 11.2. The van der Waals surface area contributed by atoms with Gasteiger partial charge in [0.25, 0.3) is 5.91 Å². The first-order chi connectivity index (χ1) is 12.0. The standard InChI is InChI=1S/C18H15BrClN3OS/c1-11-3-4-12(2)23(11)13-5-7-16(20)15(9-13)18(24)22-21-10-14-6-8-17(19)25-14/h3-10H,1-2H3,(H,22,24). The molecule has 0 unspecified atom stereocenters. The summed E-state index contributed by atoms with van der Waals surface area (Å²) in [6.07, 6.45) is 1.60. The maximum atomic E-state index is 12.4. The molecule has 25 heavy (non-hydrogen) atoms. The van der Waals surface area contributed by atoms with Crippen LogP contribution in [0, 0.1) is 13.8 Å². The summed E-state index contributed by atoms with van der Waals surface area (Å²) >= 11 is 11.1. The molecule has 0 atom stereocenters. The van der Waals surface area contributed by atoms with E-state index in [-0.39, 0.29) is 5.91 Å². The number of hydrogen-bond donors (Lipinski definition) is 1. The van der Waals surface area contributed by atoms with E-state index in [4.69, 9.17) is 11.6 Å². The van der Waals surface area contributed by atoms with Crippen molar-refractivity contribution in [1.82, 2.24) is 9.99 Å². The smallest absolute Gasteiger partial charge is 0.272 e. The predicted octanol–water partition coefficient (Wildman–Crippen LogP) is 5.34. The minimum absolute atomic E-state index is 0.346. The van der Waals surface area contributed by atoms with Gasteiger partial charge in [-0.3, -0.25) is 4.79 Å². The maximum absolute atomic E-state index is 12.4. The zero-order valence-electron chi connectivity index (χ0n) is 13.6. The molecule has 0 bridgehead atoms. The Morgan fingerprint density at radius 2 is 1.92 bits per heavy atom. The topological polar surface area (TPSA) is 46.4 Å². The third kappa shape index (κ3) is 4.03. The molecule has 0 saturated heterocycles. The molecule has 1 amide bonds. The van der Waals surface area contributed by atoms with Crippen LogP contribution in [0.25, 0.3) is 5.69 Å². The van der Waals surface area contributed by atoms with Crippen LogP contribution in [0.4, 0.5) is 0 Å². The monoisotopic (exact) mass is 435 g/mol. The van der Waals surface area contributed by atoms with E-state index >= 15 is 0 Å². The van der Waals surface area contributed by atoms with Crippen LogP contribution >= 0.6 is 38.9 Å². The number of nitrogens with one attached hydrogen (secondary N) is 1. The molecular weight excluding hydrogens is 422 g/mol. The molecule has 3 rings (SSSR count). The second-order valence-electron chi connectivity index (χ2n) is 5.46. The van der Waals surface area contributed by atoms with Gasteiger partial charge in [-0.2, -0.15) is 5.10 Å². The fraction of sp³-hybridized carbons (Fsp3) is 0.111. The highest BCUT2D eigenvalue weighted by molar-refractivity contribution is 9.11. The molecule has 3 aromatic rings. The summed E-state index contributed by atoms with van der Waals surface area (Å²) in [5.41, 5.74) is 5.98. The van der Waals surface area contributed by atoms with Crippen molar-refractivity contribution in [1.29, 1.82) is 0 Å². The maximum Gasteiger partial charge on any atom is 0.272 e. The van der Waals surface area contributed by atoms with Gasteiger partial charge in [-0.15, -0.1) is 11.3 Å². The molecular formula is C18H15BrClN3OS. The van der Waals surface area contributed by atoms with Crippen molar-refractivity contribution in [2.45, 2.75) is 13.8 Å². The average Bonchev–Trinajstić information content (AvgIpc) is 3.14. The zero-order chi connectivity index (χ0) is 18.0. The van der Waals surface area contributed by atoms with Crippen LogP contribution in [-0.4, -0.2) is 16.7 Å². The summed E-state index contributed by atoms with van der Waals surface area (Å²) in [6.45, 7) is 4.04. The third-order valence-electron chi connectivity index (χ3n) is 3.68. The number of aryl methyl sites for hydroxylation is 2. The molecule has 0 saturated carbocycles. The lowest BCUT2D eigenvalue weighted by Gasteiger charge is -2.11. The first-order valence-electron chi connectivity index (χ1n) is 7.49. The van der Waals surface area contributed by atoms with Gasteiger partial charge in [0.1, 0.15) is 0 Å². The number of thiophene rings is 1. The van der Waals surface area contributed by atoms with E-state index in [9.17, 15) is 4.79 Å². The van der Waals surface area contributed by atoms with Crippen LogP contribution < -0.4 is 5.43 Å². The van der Waals surface area contributed by atoms with Crippen molar-refractivity contribution < 1.29 is 4.79 Å². The number of benzene rings is 1. The molecule has 0 aliphatic heterocycles. The second-order valence-corrected chi connectivity index (χ2v) is 8.36. The lowest BCUT2D eigenvalue weighted by Crippen LogP contribution is -2.18. The zero-order valence-corrected chi connectivity index (χ0v) is 16.7. The number of hydrogen-bond acceptors (Lipinski definition) is 3. The van der Waals surface area contributed by atoms with Crippen LogP contribution in [0.3, 0.4) is 0 Å². The van der Waals surface area contributed by atoms with Gasteiger partial charge in [0, 0.05) is 22.0 Å². The van der Waals surface area contributed by atoms with Gasteiger partial charge < -0.3 is 4.57 Å². The van der Waals surface area contributed by atoms with Crippen molar-refractivity contribution in [3.63, 3.8) is 0 Å². The second kappa shape index (κ2) is 7.56. The minimum Gasteiger partial charge on any atom is -0.318 e. The van der Waals surface area contributed by atoms with Crippen molar-refractivity contribution in [2.75, 3.05) is 0 Å². The number of halogens is 2. The fourth-order valence-electron chi connectivity index (χ4n) is 2.51. The summed E-state index contributed by atoms with van der Waals surface area (Å²) in [5, 5.41) is 4.39. The molecule has 0 fully saturated rings. The number of nitrogens with zero attached hydrogens (tertiary/aromatic N) is 2. The van der Waals surface area contributed by atoms with Crippen LogP contribution in [0.15, 0.2) is 51.4 Å². The van der Waals surface area contributed by atoms with Crippen molar-refractivity contribution in [3.05, 3.63) is 73.1 Å². The molecule has 1 aromatic carbocycles. The Balaban J connectivity index is 1.83.